The molecule has 2 aliphatic rings. The summed E-state index contributed by atoms with van der Waals surface area (Å²) in [5.41, 5.74) is 1.16. The molecule has 1 saturated heterocycles. The maximum atomic E-state index is 12.5. The van der Waals surface area contributed by atoms with Crippen molar-refractivity contribution in [1.82, 2.24) is 15.2 Å². The number of hydrogen-bond donors (Lipinski definition) is 2. The van der Waals surface area contributed by atoms with Crippen molar-refractivity contribution < 1.29 is 9.59 Å². The summed E-state index contributed by atoms with van der Waals surface area (Å²) < 4.78 is 0. The van der Waals surface area contributed by atoms with Gasteiger partial charge in [-0.25, -0.2) is 0 Å². The third kappa shape index (κ3) is 3.94. The van der Waals surface area contributed by atoms with Gasteiger partial charge >= 0.3 is 0 Å². The second kappa shape index (κ2) is 7.42. The van der Waals surface area contributed by atoms with Crippen molar-refractivity contribution in [3.63, 3.8) is 0 Å². The highest BCUT2D eigenvalue weighted by Gasteiger charge is 2.35. The average molecular weight is 345 g/mol. The third-order valence-electron chi connectivity index (χ3n) is 5.35. The summed E-state index contributed by atoms with van der Waals surface area (Å²) in [6.07, 6.45) is 7.27. The van der Waals surface area contributed by atoms with E-state index in [1.54, 1.807) is 19.9 Å². The summed E-state index contributed by atoms with van der Waals surface area (Å²) in [5, 5.41) is 2.89. The second-order valence-corrected chi connectivity index (χ2v) is 7.41. The van der Waals surface area contributed by atoms with E-state index in [-0.39, 0.29) is 29.0 Å². The number of carbonyl (C=O) groups excluding carboxylic acids is 2. The fourth-order valence-corrected chi connectivity index (χ4v) is 4.14. The van der Waals surface area contributed by atoms with Crippen LogP contribution in [0.25, 0.3) is 0 Å². The molecule has 2 fully saturated rings. The number of hydrogen-bond acceptors (Lipinski definition) is 3. The van der Waals surface area contributed by atoms with Crippen LogP contribution in [0.5, 0.6) is 0 Å². The van der Waals surface area contributed by atoms with Crippen molar-refractivity contribution in [1.29, 1.82) is 0 Å². The molecule has 6 heteroatoms. The molecule has 136 valence electrons. The smallest absolute Gasteiger partial charge is 0.261 e. The lowest BCUT2D eigenvalue weighted by Gasteiger charge is -2.27. The van der Waals surface area contributed by atoms with Gasteiger partial charge in [0, 0.05) is 24.7 Å². The van der Waals surface area contributed by atoms with Crippen molar-refractivity contribution >= 4 is 11.8 Å². The summed E-state index contributed by atoms with van der Waals surface area (Å²) in [6.45, 7) is 4.10. The molecule has 2 N–H and O–H groups in total. The zero-order valence-corrected chi connectivity index (χ0v) is 15.1. The summed E-state index contributed by atoms with van der Waals surface area (Å²) in [6, 6.07) is 1.87. The topological polar surface area (TPSA) is 82.3 Å². The van der Waals surface area contributed by atoms with Gasteiger partial charge in [0.05, 0.1) is 6.04 Å². The molecule has 1 aromatic rings. The highest BCUT2D eigenvalue weighted by atomic mass is 16.2. The van der Waals surface area contributed by atoms with Crippen LogP contribution in [0.3, 0.4) is 0 Å². The molecule has 1 aliphatic heterocycles. The van der Waals surface area contributed by atoms with Crippen molar-refractivity contribution in [3.05, 3.63) is 33.2 Å². The number of rotatable bonds is 3. The van der Waals surface area contributed by atoms with Gasteiger partial charge in [0.1, 0.15) is 5.56 Å². The fourth-order valence-electron chi connectivity index (χ4n) is 4.14. The quantitative estimate of drug-likeness (QED) is 0.823. The molecule has 1 aromatic heterocycles. The van der Waals surface area contributed by atoms with Crippen LogP contribution >= 0.6 is 0 Å². The molecule has 1 aliphatic carbocycles. The van der Waals surface area contributed by atoms with Gasteiger partial charge in [-0.05, 0) is 38.3 Å². The number of likely N-dealkylation sites (tertiary alicyclic amines) is 1. The Hall–Kier alpha value is -2.11. The highest BCUT2D eigenvalue weighted by Crippen LogP contribution is 2.26. The number of pyridine rings is 1. The second-order valence-electron chi connectivity index (χ2n) is 7.41. The zero-order chi connectivity index (χ0) is 18.0. The molecular weight excluding hydrogens is 318 g/mol. The number of amides is 2. The molecule has 3 rings (SSSR count). The van der Waals surface area contributed by atoms with Crippen LogP contribution in [0.1, 0.15) is 66.6 Å². The maximum absolute atomic E-state index is 12.5. The Morgan fingerprint density at radius 2 is 1.84 bits per heavy atom. The standard InChI is InChI=1S/C19H27N3O3/c1-12-9-13(2)20-18(24)17(12)19(25)21-14-10-16(23)22(11-14)15-7-5-3-4-6-8-15/h9,14-15H,3-8,10-11H2,1-2H3,(H,20,24)(H,21,25)/t14-/m0/s1. The van der Waals surface area contributed by atoms with Crippen molar-refractivity contribution in [2.75, 3.05) is 6.54 Å². The minimum atomic E-state index is -0.390. The van der Waals surface area contributed by atoms with E-state index in [2.05, 4.69) is 10.3 Å². The largest absolute Gasteiger partial charge is 0.347 e. The van der Waals surface area contributed by atoms with Crippen LogP contribution < -0.4 is 10.9 Å². The molecule has 0 aromatic carbocycles. The van der Waals surface area contributed by atoms with E-state index < -0.39 is 0 Å². The summed E-state index contributed by atoms with van der Waals surface area (Å²) in [7, 11) is 0. The Morgan fingerprint density at radius 3 is 2.48 bits per heavy atom. The van der Waals surface area contributed by atoms with E-state index in [0.717, 1.165) is 18.5 Å². The van der Waals surface area contributed by atoms with E-state index >= 15 is 0 Å². The number of aryl methyl sites for hydroxylation is 2. The van der Waals surface area contributed by atoms with Gasteiger partial charge in [-0.3, -0.25) is 14.4 Å². The molecular formula is C19H27N3O3. The molecule has 0 unspecified atom stereocenters. The fraction of sp³-hybridized carbons (Fsp3) is 0.632. The Labute approximate surface area is 148 Å². The van der Waals surface area contributed by atoms with Crippen LogP contribution in [0.4, 0.5) is 0 Å². The Morgan fingerprint density at radius 1 is 1.16 bits per heavy atom. The molecule has 6 nitrogen and oxygen atoms in total. The van der Waals surface area contributed by atoms with Gasteiger partial charge in [0.15, 0.2) is 0 Å². The summed E-state index contributed by atoms with van der Waals surface area (Å²) in [5.74, 6) is -0.272. The molecule has 0 bridgehead atoms. The van der Waals surface area contributed by atoms with Crippen LogP contribution in [0.2, 0.25) is 0 Å². The van der Waals surface area contributed by atoms with Gasteiger partial charge in [-0.1, -0.05) is 25.7 Å². The first-order chi connectivity index (χ1) is 12.0. The predicted octanol–water partition coefficient (Wildman–Crippen LogP) is 2.05. The first-order valence-electron chi connectivity index (χ1n) is 9.26. The lowest BCUT2D eigenvalue weighted by molar-refractivity contribution is -0.129. The Balaban J connectivity index is 1.67. The molecule has 1 atom stereocenters. The monoisotopic (exact) mass is 345 g/mol. The van der Waals surface area contributed by atoms with Crippen molar-refractivity contribution in [2.24, 2.45) is 0 Å². The van der Waals surface area contributed by atoms with E-state index in [9.17, 15) is 14.4 Å². The Bertz CT molecular complexity index is 717. The van der Waals surface area contributed by atoms with Gasteiger partial charge in [0.25, 0.3) is 11.5 Å². The van der Waals surface area contributed by atoms with Crippen molar-refractivity contribution in [2.45, 2.75) is 70.9 Å². The normalized spacial score (nSPS) is 22.1. The van der Waals surface area contributed by atoms with E-state index in [1.807, 2.05) is 4.90 Å². The molecule has 25 heavy (non-hydrogen) atoms. The van der Waals surface area contributed by atoms with Gasteiger partial charge in [0.2, 0.25) is 5.91 Å². The number of H-pyrrole nitrogens is 1. The summed E-state index contributed by atoms with van der Waals surface area (Å²) in [4.78, 5) is 41.6. The minimum absolute atomic E-state index is 0.117. The number of nitrogens with zero attached hydrogens (tertiary/aromatic N) is 1. The molecule has 2 heterocycles. The van der Waals surface area contributed by atoms with Gasteiger partial charge < -0.3 is 15.2 Å². The van der Waals surface area contributed by atoms with Crippen LogP contribution in [0, 0.1) is 13.8 Å². The number of nitrogens with one attached hydrogen (secondary N) is 2. The first-order valence-corrected chi connectivity index (χ1v) is 9.26. The van der Waals surface area contributed by atoms with Crippen molar-refractivity contribution in [3.8, 4) is 0 Å². The lowest BCUT2D eigenvalue weighted by atomic mass is 10.1. The van der Waals surface area contributed by atoms with E-state index in [0.29, 0.717) is 24.6 Å². The maximum Gasteiger partial charge on any atom is 0.261 e. The van der Waals surface area contributed by atoms with E-state index in [4.69, 9.17) is 0 Å². The average Bonchev–Trinajstić information content (AvgIpc) is 2.73. The number of aromatic amines is 1. The molecule has 1 saturated carbocycles. The first kappa shape index (κ1) is 17.7. The molecule has 0 radical (unpaired) electrons. The van der Waals surface area contributed by atoms with Gasteiger partial charge in [-0.15, -0.1) is 0 Å². The Kier molecular flexibility index (Phi) is 5.25. The molecule has 2 amide bonds. The third-order valence-corrected chi connectivity index (χ3v) is 5.35. The van der Waals surface area contributed by atoms with Crippen LogP contribution in [0.15, 0.2) is 10.9 Å². The van der Waals surface area contributed by atoms with Crippen LogP contribution in [-0.4, -0.2) is 40.3 Å². The SMILES string of the molecule is Cc1cc(C)c(C(=O)N[C@H]2CC(=O)N(C3CCCCCC3)C2)c(=O)[nH]1. The number of aromatic nitrogens is 1. The molecule has 0 spiro atoms. The van der Waals surface area contributed by atoms with E-state index in [1.165, 1.54) is 25.7 Å². The predicted molar refractivity (Wildman–Crippen MR) is 95.6 cm³/mol. The number of carbonyl (C=O) groups is 2. The zero-order valence-electron chi connectivity index (χ0n) is 15.1. The summed E-state index contributed by atoms with van der Waals surface area (Å²) >= 11 is 0. The van der Waals surface area contributed by atoms with Crippen LogP contribution in [-0.2, 0) is 4.79 Å². The minimum Gasteiger partial charge on any atom is -0.347 e. The lowest BCUT2D eigenvalue weighted by Crippen LogP contribution is -2.42. The highest BCUT2D eigenvalue weighted by molar-refractivity contribution is 5.96. The van der Waals surface area contributed by atoms with Gasteiger partial charge in [-0.2, -0.15) is 0 Å².